The van der Waals surface area contributed by atoms with Crippen molar-refractivity contribution in [3.05, 3.63) is 48.6 Å². The number of carbonyl (C=O) groups is 1. The van der Waals surface area contributed by atoms with Gasteiger partial charge in [0.25, 0.3) is 5.91 Å². The van der Waals surface area contributed by atoms with Gasteiger partial charge in [-0.05, 0) is 5.56 Å². The Bertz CT molecular complexity index is 454. The predicted molar refractivity (Wildman–Crippen MR) is 81.8 cm³/mol. The van der Waals surface area contributed by atoms with Crippen molar-refractivity contribution >= 4 is 5.91 Å². The summed E-state index contributed by atoms with van der Waals surface area (Å²) in [6.45, 7) is 8.64. The molecule has 1 aromatic carbocycles. The molecule has 0 aromatic heterocycles. The van der Waals surface area contributed by atoms with Crippen LogP contribution >= 0.6 is 0 Å². The molecule has 114 valence electrons. The van der Waals surface area contributed by atoms with E-state index in [4.69, 9.17) is 9.47 Å². The Morgan fingerprint density at radius 3 is 2.67 bits per heavy atom. The van der Waals surface area contributed by atoms with Crippen LogP contribution in [0.25, 0.3) is 0 Å². The normalized spacial score (nSPS) is 18.0. The van der Waals surface area contributed by atoms with Gasteiger partial charge in [0.05, 0.1) is 19.8 Å². The van der Waals surface area contributed by atoms with Crippen LogP contribution in [0.2, 0.25) is 0 Å². The van der Waals surface area contributed by atoms with Gasteiger partial charge in [-0.3, -0.25) is 4.79 Å². The van der Waals surface area contributed by atoms with Crippen LogP contribution in [0.15, 0.2) is 43.0 Å². The Labute approximate surface area is 126 Å². The second-order valence-corrected chi connectivity index (χ2v) is 5.25. The summed E-state index contributed by atoms with van der Waals surface area (Å²) in [5.41, 5.74) is 1.06. The molecule has 2 unspecified atom stereocenters. The molecule has 4 heteroatoms. The topological polar surface area (TPSA) is 38.8 Å². The lowest BCUT2D eigenvalue weighted by atomic mass is 10.0. The molecular weight excluding hydrogens is 266 g/mol. The number of amides is 1. The van der Waals surface area contributed by atoms with E-state index < -0.39 is 6.10 Å². The summed E-state index contributed by atoms with van der Waals surface area (Å²) in [4.78, 5) is 14.4. The molecule has 0 bridgehead atoms. The third-order valence-corrected chi connectivity index (χ3v) is 3.69. The van der Waals surface area contributed by atoms with Crippen LogP contribution in [0.3, 0.4) is 0 Å². The molecule has 2 rings (SSSR count). The Morgan fingerprint density at radius 1 is 1.38 bits per heavy atom. The molecule has 1 aromatic rings. The van der Waals surface area contributed by atoms with Gasteiger partial charge < -0.3 is 14.4 Å². The number of hydrogen-bond acceptors (Lipinski definition) is 3. The van der Waals surface area contributed by atoms with Crippen LogP contribution in [-0.2, 0) is 20.9 Å². The van der Waals surface area contributed by atoms with E-state index in [0.717, 1.165) is 5.56 Å². The summed E-state index contributed by atoms with van der Waals surface area (Å²) >= 11 is 0. The lowest BCUT2D eigenvalue weighted by Crippen LogP contribution is -2.48. The highest BCUT2D eigenvalue weighted by Gasteiger charge is 2.29. The summed E-state index contributed by atoms with van der Waals surface area (Å²) in [6.07, 6.45) is 1.29. The van der Waals surface area contributed by atoms with E-state index in [1.54, 1.807) is 6.08 Å². The number of nitrogens with zero attached hydrogens (tertiary/aromatic N) is 1. The maximum atomic E-state index is 12.6. The smallest absolute Gasteiger partial charge is 0.252 e. The first-order valence-corrected chi connectivity index (χ1v) is 7.37. The summed E-state index contributed by atoms with van der Waals surface area (Å²) < 4.78 is 11.2. The van der Waals surface area contributed by atoms with E-state index in [0.29, 0.717) is 32.9 Å². The molecule has 0 N–H and O–H groups in total. The van der Waals surface area contributed by atoms with Gasteiger partial charge in [0.2, 0.25) is 0 Å². The molecule has 21 heavy (non-hydrogen) atoms. The van der Waals surface area contributed by atoms with E-state index in [1.165, 1.54) is 0 Å². The highest BCUT2D eigenvalue weighted by atomic mass is 16.5. The first-order chi connectivity index (χ1) is 10.2. The number of carbonyl (C=O) groups excluding carboxylic acids is 1. The fourth-order valence-electron chi connectivity index (χ4n) is 2.30. The first kappa shape index (κ1) is 15.7. The van der Waals surface area contributed by atoms with E-state index in [-0.39, 0.29) is 11.8 Å². The minimum Gasteiger partial charge on any atom is -0.378 e. The van der Waals surface area contributed by atoms with Crippen LogP contribution in [0.5, 0.6) is 0 Å². The Balaban J connectivity index is 1.99. The number of hydrogen-bond donors (Lipinski definition) is 0. The highest BCUT2D eigenvalue weighted by molar-refractivity contribution is 5.81. The first-order valence-electron chi connectivity index (χ1n) is 7.37. The number of benzene rings is 1. The number of morpholine rings is 1. The van der Waals surface area contributed by atoms with E-state index in [1.807, 2.05) is 42.2 Å². The molecule has 0 spiro atoms. The summed E-state index contributed by atoms with van der Waals surface area (Å²) in [6, 6.07) is 9.89. The van der Waals surface area contributed by atoms with E-state index >= 15 is 0 Å². The average Bonchev–Trinajstić information content (AvgIpc) is 2.56. The zero-order valence-corrected chi connectivity index (χ0v) is 12.5. The third-order valence-electron chi connectivity index (χ3n) is 3.69. The van der Waals surface area contributed by atoms with Crippen LogP contribution in [0.4, 0.5) is 0 Å². The van der Waals surface area contributed by atoms with Gasteiger partial charge in [-0.2, -0.15) is 0 Å². The van der Waals surface area contributed by atoms with Gasteiger partial charge >= 0.3 is 0 Å². The van der Waals surface area contributed by atoms with Crippen molar-refractivity contribution in [2.75, 3.05) is 26.3 Å². The molecule has 0 radical (unpaired) electrons. The van der Waals surface area contributed by atoms with Gasteiger partial charge in [-0.25, -0.2) is 0 Å². The Morgan fingerprint density at radius 2 is 2.05 bits per heavy atom. The van der Waals surface area contributed by atoms with E-state index in [2.05, 4.69) is 6.58 Å². The van der Waals surface area contributed by atoms with Crippen LogP contribution < -0.4 is 0 Å². The molecule has 0 saturated carbocycles. The van der Waals surface area contributed by atoms with Crippen LogP contribution in [0.1, 0.15) is 12.5 Å². The lowest BCUT2D eigenvalue weighted by molar-refractivity contribution is -0.151. The summed E-state index contributed by atoms with van der Waals surface area (Å²) in [7, 11) is 0. The molecule has 1 heterocycles. The fourth-order valence-corrected chi connectivity index (χ4v) is 2.30. The largest absolute Gasteiger partial charge is 0.378 e. The molecule has 1 aliphatic rings. The van der Waals surface area contributed by atoms with Crippen molar-refractivity contribution < 1.29 is 14.3 Å². The molecule has 2 atom stereocenters. The summed E-state index contributed by atoms with van der Waals surface area (Å²) in [5, 5.41) is 0. The van der Waals surface area contributed by atoms with Crippen molar-refractivity contribution in [3.63, 3.8) is 0 Å². The molecular formula is C17H23NO3. The van der Waals surface area contributed by atoms with Crippen molar-refractivity contribution in [2.24, 2.45) is 5.92 Å². The molecule has 1 amide bonds. The minimum absolute atomic E-state index is 0.0240. The second kappa shape index (κ2) is 7.96. The maximum Gasteiger partial charge on any atom is 0.252 e. The molecule has 1 fully saturated rings. The second-order valence-electron chi connectivity index (χ2n) is 5.25. The van der Waals surface area contributed by atoms with Crippen LogP contribution in [-0.4, -0.2) is 43.2 Å². The molecule has 4 nitrogen and oxygen atoms in total. The minimum atomic E-state index is -0.485. The number of rotatable bonds is 6. The van der Waals surface area contributed by atoms with Gasteiger partial charge in [0, 0.05) is 19.0 Å². The Kier molecular flexibility index (Phi) is 5.96. The van der Waals surface area contributed by atoms with Crippen molar-refractivity contribution in [1.82, 2.24) is 4.90 Å². The molecule has 1 saturated heterocycles. The van der Waals surface area contributed by atoms with Gasteiger partial charge in [0.1, 0.15) is 6.10 Å². The summed E-state index contributed by atoms with van der Waals surface area (Å²) in [5.74, 6) is 0.00527. The highest BCUT2D eigenvalue weighted by Crippen LogP contribution is 2.15. The van der Waals surface area contributed by atoms with Gasteiger partial charge in [-0.15, -0.1) is 6.58 Å². The molecule has 0 aliphatic carbocycles. The average molecular weight is 289 g/mol. The van der Waals surface area contributed by atoms with Crippen molar-refractivity contribution in [3.8, 4) is 0 Å². The van der Waals surface area contributed by atoms with Gasteiger partial charge in [-0.1, -0.05) is 43.3 Å². The van der Waals surface area contributed by atoms with Crippen LogP contribution in [0, 0.1) is 5.92 Å². The zero-order chi connectivity index (χ0) is 15.1. The van der Waals surface area contributed by atoms with Crippen molar-refractivity contribution in [2.45, 2.75) is 19.6 Å². The zero-order valence-electron chi connectivity index (χ0n) is 12.5. The third kappa shape index (κ3) is 4.41. The van der Waals surface area contributed by atoms with E-state index in [9.17, 15) is 4.79 Å². The Hall–Kier alpha value is -1.65. The maximum absolute atomic E-state index is 12.6. The quantitative estimate of drug-likeness (QED) is 0.754. The predicted octanol–water partition coefficient (Wildman–Crippen LogP) is 2.25. The number of ether oxygens (including phenoxy) is 2. The molecule has 1 aliphatic heterocycles. The van der Waals surface area contributed by atoms with Crippen molar-refractivity contribution in [1.29, 1.82) is 0 Å². The lowest BCUT2D eigenvalue weighted by Gasteiger charge is -2.32. The fraction of sp³-hybridized carbons (Fsp3) is 0.471. The SMILES string of the molecule is C=CC(C)C(OCc1ccccc1)C(=O)N1CCOCC1. The van der Waals surface area contributed by atoms with Gasteiger partial charge in [0.15, 0.2) is 0 Å². The standard InChI is InChI=1S/C17H23NO3/c1-3-14(2)16(17(19)18-9-11-20-12-10-18)21-13-15-7-5-4-6-8-15/h3-8,14,16H,1,9-13H2,2H3. The monoisotopic (exact) mass is 289 g/mol.